The first-order valence-corrected chi connectivity index (χ1v) is 18.5. The van der Waals surface area contributed by atoms with Gasteiger partial charge in [0, 0.05) is 43.8 Å². The van der Waals surface area contributed by atoms with Crippen LogP contribution >= 0.6 is 0 Å². The molecule has 1 aromatic heterocycles. The first kappa shape index (κ1) is 38.7. The van der Waals surface area contributed by atoms with Crippen molar-refractivity contribution in [3.05, 3.63) is 113 Å². The lowest BCUT2D eigenvalue weighted by Gasteiger charge is -2.24. The molecular weight excluding hydrogens is 635 g/mol. The molecule has 10 heteroatoms. The van der Waals surface area contributed by atoms with E-state index in [1.807, 2.05) is 56.3 Å². The highest BCUT2D eigenvalue weighted by Gasteiger charge is 2.21. The minimum atomic E-state index is -4.00. The summed E-state index contributed by atoms with van der Waals surface area (Å²) in [6, 6.07) is 16.2. The summed E-state index contributed by atoms with van der Waals surface area (Å²) in [6.45, 7) is 11.8. The number of aromatic nitrogens is 2. The highest BCUT2D eigenvalue weighted by atomic mass is 32.2. The van der Waals surface area contributed by atoms with Crippen LogP contribution in [0.2, 0.25) is 0 Å². The van der Waals surface area contributed by atoms with Crippen molar-refractivity contribution in [2.45, 2.75) is 73.3 Å². The maximum absolute atomic E-state index is 13.1. The number of anilines is 2. The fourth-order valence-corrected chi connectivity index (χ4v) is 6.01. The predicted octanol–water partition coefficient (Wildman–Crippen LogP) is 8.83. The molecule has 1 aliphatic carbocycles. The van der Waals surface area contributed by atoms with Crippen molar-refractivity contribution in [3.8, 4) is 11.4 Å². The molecular formula is C39H51N5O4S. The molecule has 2 N–H and O–H groups in total. The molecule has 1 aliphatic rings. The normalized spacial score (nSPS) is 15.6. The summed E-state index contributed by atoms with van der Waals surface area (Å²) in [4.78, 5) is 20.1. The summed E-state index contributed by atoms with van der Waals surface area (Å²) >= 11 is 0. The fraction of sp³-hybridized carbons (Fsp3) is 0.359. The van der Waals surface area contributed by atoms with Crippen LogP contribution in [0, 0.1) is 5.92 Å². The van der Waals surface area contributed by atoms with Crippen molar-refractivity contribution < 1.29 is 17.7 Å². The van der Waals surface area contributed by atoms with Gasteiger partial charge in [0.1, 0.15) is 0 Å². The minimum absolute atomic E-state index is 0.120. The van der Waals surface area contributed by atoms with Gasteiger partial charge in [-0.05, 0) is 74.4 Å². The van der Waals surface area contributed by atoms with Crippen LogP contribution in [0.5, 0.6) is 0 Å². The summed E-state index contributed by atoms with van der Waals surface area (Å²) in [5.41, 5.74) is 4.07. The molecule has 0 spiro atoms. The quantitative estimate of drug-likeness (QED) is 0.0982. The zero-order valence-corrected chi connectivity index (χ0v) is 30.5. The largest absolute Gasteiger partial charge is 0.379 e. The summed E-state index contributed by atoms with van der Waals surface area (Å²) in [5.74, 6) is 0.399. The van der Waals surface area contributed by atoms with Crippen molar-refractivity contribution in [2.75, 3.05) is 23.8 Å². The van der Waals surface area contributed by atoms with Crippen LogP contribution in [0.15, 0.2) is 106 Å². The first-order valence-electron chi connectivity index (χ1n) is 17.1. The molecule has 2 aromatic carbocycles. The van der Waals surface area contributed by atoms with Gasteiger partial charge in [-0.2, -0.15) is 4.98 Å². The highest BCUT2D eigenvalue weighted by molar-refractivity contribution is 7.93. The van der Waals surface area contributed by atoms with Crippen LogP contribution in [0.4, 0.5) is 11.4 Å². The highest BCUT2D eigenvalue weighted by Crippen LogP contribution is 2.31. The van der Waals surface area contributed by atoms with E-state index in [2.05, 4.69) is 64.2 Å². The Bertz CT molecular complexity index is 1750. The van der Waals surface area contributed by atoms with Crippen molar-refractivity contribution in [2.24, 2.45) is 5.92 Å². The number of allylic oxidation sites excluding steroid dienone is 7. The van der Waals surface area contributed by atoms with Gasteiger partial charge in [-0.15, -0.1) is 0 Å². The number of nitrogens with zero attached hydrogens (tertiary/aromatic N) is 3. The van der Waals surface area contributed by atoms with Gasteiger partial charge in [0.05, 0.1) is 16.3 Å². The van der Waals surface area contributed by atoms with Gasteiger partial charge < -0.3 is 14.7 Å². The molecule has 0 fully saturated rings. The van der Waals surface area contributed by atoms with Crippen LogP contribution in [0.3, 0.4) is 0 Å². The average molecular weight is 686 g/mol. The number of carbonyl (C=O) groups is 1. The van der Waals surface area contributed by atoms with Crippen LogP contribution in [0.1, 0.15) is 78.2 Å². The van der Waals surface area contributed by atoms with Crippen LogP contribution in [0.25, 0.3) is 17.5 Å². The van der Waals surface area contributed by atoms with Crippen LogP contribution in [-0.4, -0.2) is 38.1 Å². The monoisotopic (exact) mass is 685 g/mol. The number of nitrogens with one attached hydrogen (secondary N) is 2. The topological polar surface area (TPSA) is 117 Å². The van der Waals surface area contributed by atoms with E-state index in [1.165, 1.54) is 18.2 Å². The Labute approximate surface area is 292 Å². The zero-order chi connectivity index (χ0) is 35.6. The van der Waals surface area contributed by atoms with E-state index in [0.29, 0.717) is 24.7 Å². The number of amides is 1. The molecule has 3 aromatic rings. The smallest absolute Gasteiger partial charge is 0.264 e. The van der Waals surface area contributed by atoms with E-state index >= 15 is 0 Å². The second kappa shape index (κ2) is 20.0. The van der Waals surface area contributed by atoms with E-state index in [1.54, 1.807) is 25.2 Å². The fourth-order valence-electron chi connectivity index (χ4n) is 4.87. The summed E-state index contributed by atoms with van der Waals surface area (Å²) in [7, 11) is -1.91. The lowest BCUT2D eigenvalue weighted by molar-refractivity contribution is -0.115. The second-order valence-corrected chi connectivity index (χ2v) is 13.6. The van der Waals surface area contributed by atoms with E-state index in [9.17, 15) is 13.2 Å². The Morgan fingerprint density at radius 3 is 2.59 bits per heavy atom. The Morgan fingerprint density at radius 2 is 1.86 bits per heavy atom. The van der Waals surface area contributed by atoms with Crippen molar-refractivity contribution in [1.82, 2.24) is 14.9 Å². The summed E-state index contributed by atoms with van der Waals surface area (Å²) < 4.78 is 33.7. The molecule has 0 radical (unpaired) electrons. The zero-order valence-electron chi connectivity index (χ0n) is 29.6. The number of sulfonamides is 1. The number of hydrogen-bond donors (Lipinski definition) is 2. The Balaban J connectivity index is 0.00000319. The molecule has 0 bridgehead atoms. The predicted molar refractivity (Wildman–Crippen MR) is 202 cm³/mol. The molecule has 0 saturated carbocycles. The third-order valence-electron chi connectivity index (χ3n) is 7.62. The SMILES string of the molecule is CC.C\C=C/C=C(\C=C\c1nc(-c2ccc(N(C)CCC(C)C)c(NCc3ccccc3)c2)no1)C(=O)NS(=O)(=O)/C1=C/CCC/C=C\C1. The van der Waals surface area contributed by atoms with E-state index in [0.717, 1.165) is 48.3 Å². The van der Waals surface area contributed by atoms with Gasteiger partial charge in [0.2, 0.25) is 5.82 Å². The van der Waals surface area contributed by atoms with Gasteiger partial charge in [-0.1, -0.05) is 93.6 Å². The molecule has 1 amide bonds. The molecule has 0 saturated heterocycles. The number of rotatable bonds is 14. The van der Waals surface area contributed by atoms with Gasteiger partial charge in [-0.3, -0.25) is 4.79 Å². The minimum Gasteiger partial charge on any atom is -0.379 e. The van der Waals surface area contributed by atoms with E-state index in [-0.39, 0.29) is 22.8 Å². The van der Waals surface area contributed by atoms with Gasteiger partial charge in [-0.25, -0.2) is 13.1 Å². The Morgan fingerprint density at radius 1 is 1.08 bits per heavy atom. The maximum atomic E-state index is 13.1. The summed E-state index contributed by atoms with van der Waals surface area (Å²) in [6.07, 6.45) is 17.1. The van der Waals surface area contributed by atoms with Gasteiger partial charge in [0.25, 0.3) is 21.8 Å². The molecule has 1 heterocycles. The molecule has 49 heavy (non-hydrogen) atoms. The number of carbonyl (C=O) groups excluding carboxylic acids is 1. The van der Waals surface area contributed by atoms with E-state index < -0.39 is 15.9 Å². The van der Waals surface area contributed by atoms with Crippen LogP contribution < -0.4 is 14.9 Å². The third-order valence-corrected chi connectivity index (χ3v) is 9.09. The van der Waals surface area contributed by atoms with Gasteiger partial charge >= 0.3 is 0 Å². The van der Waals surface area contributed by atoms with Crippen molar-refractivity contribution >= 4 is 33.4 Å². The van der Waals surface area contributed by atoms with Crippen molar-refractivity contribution in [1.29, 1.82) is 0 Å². The number of hydrogen-bond acceptors (Lipinski definition) is 8. The molecule has 0 unspecified atom stereocenters. The molecule has 0 aliphatic heterocycles. The van der Waals surface area contributed by atoms with Crippen LogP contribution in [-0.2, 0) is 21.4 Å². The molecule has 9 nitrogen and oxygen atoms in total. The van der Waals surface area contributed by atoms with E-state index in [4.69, 9.17) is 4.52 Å². The van der Waals surface area contributed by atoms with Gasteiger partial charge in [0.15, 0.2) is 0 Å². The molecule has 4 rings (SSSR count). The maximum Gasteiger partial charge on any atom is 0.264 e. The lowest BCUT2D eigenvalue weighted by Crippen LogP contribution is -2.32. The average Bonchev–Trinajstić information content (AvgIpc) is 3.56. The molecule has 0 atom stereocenters. The molecule has 262 valence electrons. The first-order chi connectivity index (χ1) is 23.7. The lowest BCUT2D eigenvalue weighted by atomic mass is 10.1. The Kier molecular flexibility index (Phi) is 15.8. The Hall–Kier alpha value is -4.70. The second-order valence-electron chi connectivity index (χ2n) is 11.8. The number of benzene rings is 2. The third kappa shape index (κ3) is 12.4. The summed E-state index contributed by atoms with van der Waals surface area (Å²) in [5, 5.41) is 7.76. The standard InChI is InChI=1S/C37H45N5O4S.C2H6/c1-5-6-17-30(37(43)41-47(44,45)32-18-13-8-7-9-14-19-32)21-23-35-39-36(40-46-35)31-20-22-34(42(4)25-24-28(2)3)33(26-31)38-27-29-15-11-10-12-16-29;1-2/h5-6,8,10-13,15-17,19-23,26,28,38H,7,9,14,18,24-25,27H2,1-4H3,(H,41,43);1-2H3/b6-5-,13-8-,23-21+,30-17+,32-19+;. The van der Waals surface area contributed by atoms with Crippen molar-refractivity contribution in [3.63, 3.8) is 0 Å².